The molecule has 8 nitrogen and oxygen atoms in total. The van der Waals surface area contributed by atoms with Gasteiger partial charge in [0.2, 0.25) is 5.91 Å². The lowest BCUT2D eigenvalue weighted by Gasteiger charge is -2.26. The summed E-state index contributed by atoms with van der Waals surface area (Å²) in [5, 5.41) is 15.6. The van der Waals surface area contributed by atoms with E-state index in [0.29, 0.717) is 13.1 Å². The van der Waals surface area contributed by atoms with Crippen molar-refractivity contribution in [1.29, 1.82) is 0 Å². The molecule has 0 saturated carbocycles. The number of aromatic nitrogens is 1. The van der Waals surface area contributed by atoms with Crippen LogP contribution < -0.4 is 5.32 Å². The van der Waals surface area contributed by atoms with Gasteiger partial charge in [0.05, 0.1) is 18.1 Å². The van der Waals surface area contributed by atoms with Crippen molar-refractivity contribution in [2.75, 3.05) is 39.4 Å². The molecule has 0 aliphatic carbocycles. The lowest BCUT2D eigenvalue weighted by molar-refractivity contribution is -0.384. The first-order chi connectivity index (χ1) is 19.1. The maximum Gasteiger partial charge on any atom is 0.270 e. The number of nitro benzene ring substituents is 1. The first-order valence-corrected chi connectivity index (χ1v) is 13.5. The van der Waals surface area contributed by atoms with Crippen LogP contribution in [0.5, 0.6) is 0 Å². The van der Waals surface area contributed by atoms with E-state index in [2.05, 4.69) is 33.1 Å². The molecule has 4 aromatic rings. The van der Waals surface area contributed by atoms with Crippen LogP contribution in [0.2, 0.25) is 0 Å². The molecule has 1 saturated heterocycles. The average molecular weight is 527 g/mol. The minimum absolute atomic E-state index is 0.0276. The highest BCUT2D eigenvalue weighted by Crippen LogP contribution is 2.36. The summed E-state index contributed by atoms with van der Waals surface area (Å²) in [5.74, 6) is -0.271. The standard InChI is InChI=1S/C31H34N4O4/c36-31(32-14-7-15-33-16-18-39-19-17-33)21-27(25-10-5-2-6-11-25)29-23-34(22-24-8-3-1-4-9-24)30-13-12-26(35(37)38)20-28(29)30/h1-6,8-13,20,23,27H,7,14-19,21-22H2,(H,32,36). The number of nitrogens with zero attached hydrogens (tertiary/aromatic N) is 3. The van der Waals surface area contributed by atoms with Gasteiger partial charge in [-0.3, -0.25) is 19.8 Å². The number of nitro groups is 1. The molecule has 1 atom stereocenters. The number of fused-ring (bicyclic) bond motifs is 1. The largest absolute Gasteiger partial charge is 0.379 e. The number of hydrogen-bond acceptors (Lipinski definition) is 5. The number of carbonyl (C=O) groups is 1. The van der Waals surface area contributed by atoms with E-state index in [1.54, 1.807) is 12.1 Å². The lowest BCUT2D eigenvalue weighted by Crippen LogP contribution is -2.38. The molecule has 8 heteroatoms. The monoisotopic (exact) mass is 526 g/mol. The second-order valence-corrected chi connectivity index (χ2v) is 9.98. The zero-order valence-corrected chi connectivity index (χ0v) is 22.0. The molecule has 1 amide bonds. The number of hydrogen-bond donors (Lipinski definition) is 1. The normalized spacial score (nSPS) is 14.8. The summed E-state index contributed by atoms with van der Waals surface area (Å²) >= 11 is 0. The molecule has 39 heavy (non-hydrogen) atoms. The van der Waals surface area contributed by atoms with Gasteiger partial charge >= 0.3 is 0 Å². The van der Waals surface area contributed by atoms with E-state index in [4.69, 9.17) is 4.74 Å². The summed E-state index contributed by atoms with van der Waals surface area (Å²) in [6.45, 7) is 5.57. The highest BCUT2D eigenvalue weighted by Gasteiger charge is 2.24. The van der Waals surface area contributed by atoms with E-state index >= 15 is 0 Å². The Morgan fingerprint density at radius 1 is 1.00 bits per heavy atom. The fourth-order valence-electron chi connectivity index (χ4n) is 5.32. The number of non-ortho nitro benzene ring substituents is 1. The summed E-state index contributed by atoms with van der Waals surface area (Å²) in [6, 6.07) is 25.1. The van der Waals surface area contributed by atoms with E-state index in [1.165, 1.54) is 0 Å². The maximum atomic E-state index is 13.2. The molecule has 1 fully saturated rings. The topological polar surface area (TPSA) is 89.6 Å². The highest BCUT2D eigenvalue weighted by molar-refractivity contribution is 5.88. The van der Waals surface area contributed by atoms with Crippen LogP contribution in [0, 0.1) is 10.1 Å². The molecular formula is C31H34N4O4. The SMILES string of the molecule is O=C(CC(c1ccccc1)c1cn(Cc2ccccc2)c2ccc([N+](=O)[O-])cc12)NCCCN1CCOCC1. The molecule has 5 rings (SSSR count). The molecule has 0 radical (unpaired) electrons. The third-order valence-corrected chi connectivity index (χ3v) is 7.35. The van der Waals surface area contributed by atoms with Gasteiger partial charge < -0.3 is 14.6 Å². The van der Waals surface area contributed by atoms with Crippen LogP contribution in [-0.4, -0.2) is 59.7 Å². The van der Waals surface area contributed by atoms with Crippen molar-refractivity contribution < 1.29 is 14.5 Å². The minimum Gasteiger partial charge on any atom is -0.379 e. The summed E-state index contributed by atoms with van der Waals surface area (Å²) in [5.41, 5.74) is 4.01. The Morgan fingerprint density at radius 2 is 1.72 bits per heavy atom. The smallest absolute Gasteiger partial charge is 0.270 e. The zero-order chi connectivity index (χ0) is 27.0. The van der Waals surface area contributed by atoms with Crippen LogP contribution in [0.4, 0.5) is 5.69 Å². The van der Waals surface area contributed by atoms with Crippen LogP contribution in [-0.2, 0) is 16.1 Å². The molecule has 1 aliphatic heterocycles. The first-order valence-electron chi connectivity index (χ1n) is 13.5. The van der Waals surface area contributed by atoms with Gasteiger partial charge in [-0.2, -0.15) is 0 Å². The van der Waals surface area contributed by atoms with Crippen molar-refractivity contribution in [1.82, 2.24) is 14.8 Å². The van der Waals surface area contributed by atoms with Crippen molar-refractivity contribution in [3.8, 4) is 0 Å². The number of amides is 1. The van der Waals surface area contributed by atoms with E-state index in [1.807, 2.05) is 54.6 Å². The van der Waals surface area contributed by atoms with Crippen molar-refractivity contribution in [3.63, 3.8) is 0 Å². The van der Waals surface area contributed by atoms with Gasteiger partial charge in [-0.15, -0.1) is 0 Å². The molecule has 3 aromatic carbocycles. The molecule has 0 bridgehead atoms. The van der Waals surface area contributed by atoms with Gasteiger partial charge in [-0.25, -0.2) is 0 Å². The molecular weight excluding hydrogens is 492 g/mol. The fourth-order valence-corrected chi connectivity index (χ4v) is 5.32. The Bertz CT molecular complexity index is 1400. The first kappa shape index (κ1) is 26.6. The van der Waals surface area contributed by atoms with Gasteiger partial charge in [-0.05, 0) is 35.7 Å². The van der Waals surface area contributed by atoms with Gasteiger partial charge in [0.15, 0.2) is 0 Å². The maximum absolute atomic E-state index is 13.2. The minimum atomic E-state index is -0.365. The molecule has 1 unspecified atom stereocenters. The summed E-state index contributed by atoms with van der Waals surface area (Å²) in [6.07, 6.45) is 3.20. The second-order valence-electron chi connectivity index (χ2n) is 9.98. The quantitative estimate of drug-likeness (QED) is 0.170. The number of morpholine rings is 1. The Kier molecular flexibility index (Phi) is 8.65. The Hall–Kier alpha value is -4.01. The Labute approximate surface area is 228 Å². The average Bonchev–Trinajstić information content (AvgIpc) is 3.32. The summed E-state index contributed by atoms with van der Waals surface area (Å²) in [4.78, 5) is 26.9. The number of ether oxygens (including phenoxy) is 1. The molecule has 202 valence electrons. The lowest BCUT2D eigenvalue weighted by atomic mass is 9.88. The Morgan fingerprint density at radius 3 is 2.44 bits per heavy atom. The van der Waals surface area contributed by atoms with Gasteiger partial charge in [-0.1, -0.05) is 60.7 Å². The second kappa shape index (κ2) is 12.7. The third kappa shape index (κ3) is 6.71. The third-order valence-electron chi connectivity index (χ3n) is 7.35. The summed E-state index contributed by atoms with van der Waals surface area (Å²) < 4.78 is 7.53. The number of benzene rings is 3. The predicted molar refractivity (Wildman–Crippen MR) is 152 cm³/mol. The van der Waals surface area contributed by atoms with Crippen molar-refractivity contribution in [3.05, 3.63) is 112 Å². The number of carbonyl (C=O) groups excluding carboxylic acids is 1. The fraction of sp³-hybridized carbons (Fsp3) is 0.323. The summed E-state index contributed by atoms with van der Waals surface area (Å²) in [7, 11) is 0. The molecule has 2 heterocycles. The molecule has 1 N–H and O–H groups in total. The number of nitrogens with one attached hydrogen (secondary N) is 1. The molecule has 1 aliphatic rings. The highest BCUT2D eigenvalue weighted by atomic mass is 16.6. The van der Waals surface area contributed by atoms with Crippen LogP contribution >= 0.6 is 0 Å². The van der Waals surface area contributed by atoms with Crippen LogP contribution in [0.3, 0.4) is 0 Å². The molecule has 1 aromatic heterocycles. The van der Waals surface area contributed by atoms with Gasteiger partial charge in [0.1, 0.15) is 0 Å². The molecule has 0 spiro atoms. The zero-order valence-electron chi connectivity index (χ0n) is 22.0. The van der Waals surface area contributed by atoms with Crippen molar-refractivity contribution >= 4 is 22.5 Å². The van der Waals surface area contributed by atoms with Gasteiger partial charge in [0, 0.05) is 67.8 Å². The number of rotatable bonds is 11. The predicted octanol–water partition coefficient (Wildman–Crippen LogP) is 4.96. The van der Waals surface area contributed by atoms with Crippen molar-refractivity contribution in [2.24, 2.45) is 0 Å². The van der Waals surface area contributed by atoms with Crippen molar-refractivity contribution in [2.45, 2.75) is 25.3 Å². The Balaban J connectivity index is 1.41. The van der Waals surface area contributed by atoms with Crippen LogP contribution in [0.1, 0.15) is 35.4 Å². The van der Waals surface area contributed by atoms with Crippen LogP contribution in [0.25, 0.3) is 10.9 Å². The van der Waals surface area contributed by atoms with E-state index < -0.39 is 0 Å². The van der Waals surface area contributed by atoms with E-state index in [9.17, 15) is 14.9 Å². The van der Waals surface area contributed by atoms with Crippen LogP contribution in [0.15, 0.2) is 85.1 Å². The van der Waals surface area contributed by atoms with E-state index in [-0.39, 0.29) is 28.9 Å². The van der Waals surface area contributed by atoms with E-state index in [0.717, 1.165) is 66.9 Å². The van der Waals surface area contributed by atoms with Gasteiger partial charge in [0.25, 0.3) is 5.69 Å².